The SMILES string of the molecule is Cc1nnc(NC(=O)CSc2nnc(-c3ccccc3O)n2-c2ccccc2)s1. The summed E-state index contributed by atoms with van der Waals surface area (Å²) in [6.07, 6.45) is 0. The summed E-state index contributed by atoms with van der Waals surface area (Å²) in [7, 11) is 0. The zero-order valence-electron chi connectivity index (χ0n) is 15.3. The molecule has 2 N–H and O–H groups in total. The van der Waals surface area contributed by atoms with Gasteiger partial charge in [-0.2, -0.15) is 0 Å². The number of aryl methyl sites for hydroxylation is 1. The average Bonchev–Trinajstić information content (AvgIpc) is 3.33. The van der Waals surface area contributed by atoms with Gasteiger partial charge in [0.25, 0.3) is 0 Å². The molecule has 2 aromatic carbocycles. The van der Waals surface area contributed by atoms with E-state index in [9.17, 15) is 9.90 Å². The average molecular weight is 425 g/mol. The van der Waals surface area contributed by atoms with E-state index in [-0.39, 0.29) is 17.4 Å². The fourth-order valence-corrected chi connectivity index (χ4v) is 4.00. The second kappa shape index (κ2) is 8.41. The molecule has 0 unspecified atom stereocenters. The number of para-hydroxylation sites is 2. The zero-order valence-corrected chi connectivity index (χ0v) is 16.9. The van der Waals surface area contributed by atoms with Crippen molar-refractivity contribution < 1.29 is 9.90 Å². The Kier molecular flexibility index (Phi) is 5.54. The third-order valence-corrected chi connectivity index (χ3v) is 5.58. The predicted octanol–water partition coefficient (Wildman–Crippen LogP) is 3.53. The fourth-order valence-electron chi connectivity index (χ4n) is 2.64. The summed E-state index contributed by atoms with van der Waals surface area (Å²) >= 11 is 2.57. The van der Waals surface area contributed by atoms with Gasteiger partial charge in [-0.15, -0.1) is 20.4 Å². The van der Waals surface area contributed by atoms with E-state index in [4.69, 9.17) is 0 Å². The smallest absolute Gasteiger partial charge is 0.236 e. The van der Waals surface area contributed by atoms with E-state index in [0.29, 0.717) is 21.7 Å². The standard InChI is InChI=1S/C19H16N6O2S2/c1-12-21-23-18(29-12)20-16(27)11-28-19-24-22-17(14-9-5-6-10-15(14)26)25(19)13-7-3-2-4-8-13/h2-10,26H,11H2,1H3,(H,20,23,27). The summed E-state index contributed by atoms with van der Waals surface area (Å²) in [6.45, 7) is 1.82. The van der Waals surface area contributed by atoms with Gasteiger partial charge in [0.15, 0.2) is 11.0 Å². The number of rotatable bonds is 6. The van der Waals surface area contributed by atoms with Crippen molar-refractivity contribution in [1.82, 2.24) is 25.0 Å². The second-order valence-corrected chi connectivity index (χ2v) is 8.08. The lowest BCUT2D eigenvalue weighted by Gasteiger charge is -2.11. The molecule has 0 spiro atoms. The number of thioether (sulfide) groups is 1. The Morgan fingerprint density at radius 3 is 2.55 bits per heavy atom. The van der Waals surface area contributed by atoms with Gasteiger partial charge in [-0.05, 0) is 31.2 Å². The molecule has 0 saturated heterocycles. The molecule has 8 nitrogen and oxygen atoms in total. The number of hydrogen-bond donors (Lipinski definition) is 2. The van der Waals surface area contributed by atoms with E-state index in [1.54, 1.807) is 18.2 Å². The number of phenolic OH excluding ortho intramolecular Hbond substituents is 1. The molecule has 0 saturated carbocycles. The van der Waals surface area contributed by atoms with Crippen LogP contribution in [0.2, 0.25) is 0 Å². The first-order valence-electron chi connectivity index (χ1n) is 8.64. The number of aromatic nitrogens is 5. The van der Waals surface area contributed by atoms with Gasteiger partial charge >= 0.3 is 0 Å². The van der Waals surface area contributed by atoms with Crippen LogP contribution in [0, 0.1) is 6.92 Å². The lowest BCUT2D eigenvalue weighted by molar-refractivity contribution is -0.113. The number of nitrogens with one attached hydrogen (secondary N) is 1. The third-order valence-electron chi connectivity index (χ3n) is 3.90. The Morgan fingerprint density at radius 2 is 1.83 bits per heavy atom. The van der Waals surface area contributed by atoms with E-state index in [1.165, 1.54) is 23.1 Å². The summed E-state index contributed by atoms with van der Waals surface area (Å²) < 4.78 is 1.82. The van der Waals surface area contributed by atoms with Crippen molar-refractivity contribution in [1.29, 1.82) is 0 Å². The second-order valence-electron chi connectivity index (χ2n) is 5.96. The summed E-state index contributed by atoms with van der Waals surface area (Å²) in [5.41, 5.74) is 1.39. The van der Waals surface area contributed by atoms with Gasteiger partial charge in [-0.3, -0.25) is 14.7 Å². The summed E-state index contributed by atoms with van der Waals surface area (Å²) in [4.78, 5) is 12.3. The Labute approximate surface area is 174 Å². The highest BCUT2D eigenvalue weighted by atomic mass is 32.2. The molecule has 0 fully saturated rings. The Morgan fingerprint density at radius 1 is 1.07 bits per heavy atom. The first-order valence-corrected chi connectivity index (χ1v) is 10.4. The van der Waals surface area contributed by atoms with Gasteiger partial charge in [0.2, 0.25) is 11.0 Å². The molecule has 29 heavy (non-hydrogen) atoms. The quantitative estimate of drug-likeness (QED) is 0.456. The normalized spacial score (nSPS) is 10.8. The fraction of sp³-hybridized carbons (Fsp3) is 0.105. The number of aromatic hydroxyl groups is 1. The summed E-state index contributed by atoms with van der Waals surface area (Å²) in [6, 6.07) is 16.5. The van der Waals surface area contributed by atoms with Crippen LogP contribution in [0.5, 0.6) is 5.75 Å². The van der Waals surface area contributed by atoms with Crippen LogP contribution in [0.1, 0.15) is 5.01 Å². The van der Waals surface area contributed by atoms with Crippen LogP contribution in [0.4, 0.5) is 5.13 Å². The van der Waals surface area contributed by atoms with E-state index in [1.807, 2.05) is 47.9 Å². The molecule has 0 radical (unpaired) electrons. The largest absolute Gasteiger partial charge is 0.507 e. The molecular formula is C19H16N6O2S2. The first-order chi connectivity index (χ1) is 14.1. The highest BCUT2D eigenvalue weighted by Gasteiger charge is 2.19. The minimum Gasteiger partial charge on any atom is -0.507 e. The minimum absolute atomic E-state index is 0.109. The molecule has 2 heterocycles. The van der Waals surface area contributed by atoms with Crippen molar-refractivity contribution in [3.05, 3.63) is 59.6 Å². The Hall–Kier alpha value is -3.24. The number of carbonyl (C=O) groups excluding carboxylic acids is 1. The Balaban J connectivity index is 1.62. The predicted molar refractivity (Wildman–Crippen MR) is 112 cm³/mol. The Bertz CT molecular complexity index is 1140. The molecular weight excluding hydrogens is 408 g/mol. The van der Waals surface area contributed by atoms with Crippen molar-refractivity contribution in [2.75, 3.05) is 11.1 Å². The number of carbonyl (C=O) groups is 1. The summed E-state index contributed by atoms with van der Waals surface area (Å²) in [5.74, 6) is 0.525. The number of benzene rings is 2. The van der Waals surface area contributed by atoms with Crippen molar-refractivity contribution in [2.24, 2.45) is 0 Å². The molecule has 0 aliphatic carbocycles. The van der Waals surface area contributed by atoms with E-state index < -0.39 is 0 Å². The first kappa shape index (κ1) is 19.1. The third kappa shape index (κ3) is 4.28. The van der Waals surface area contributed by atoms with Crippen LogP contribution in [0.25, 0.3) is 17.1 Å². The maximum Gasteiger partial charge on any atom is 0.236 e. The van der Waals surface area contributed by atoms with Gasteiger partial charge in [-0.1, -0.05) is 53.4 Å². The highest BCUT2D eigenvalue weighted by molar-refractivity contribution is 7.99. The molecule has 2 aromatic heterocycles. The van der Waals surface area contributed by atoms with Gasteiger partial charge in [-0.25, -0.2) is 0 Å². The molecule has 0 atom stereocenters. The number of amides is 1. The maximum absolute atomic E-state index is 12.3. The van der Waals surface area contributed by atoms with Gasteiger partial charge in [0.05, 0.1) is 11.3 Å². The van der Waals surface area contributed by atoms with E-state index >= 15 is 0 Å². The molecule has 146 valence electrons. The maximum atomic E-state index is 12.3. The van der Waals surface area contributed by atoms with Crippen molar-refractivity contribution in [3.63, 3.8) is 0 Å². The number of phenols is 1. The van der Waals surface area contributed by atoms with Crippen molar-refractivity contribution in [2.45, 2.75) is 12.1 Å². The van der Waals surface area contributed by atoms with Gasteiger partial charge in [0.1, 0.15) is 10.8 Å². The number of anilines is 1. The molecule has 4 rings (SSSR count). The van der Waals surface area contributed by atoms with Crippen molar-refractivity contribution in [3.8, 4) is 22.8 Å². The van der Waals surface area contributed by atoms with Gasteiger partial charge in [0, 0.05) is 5.69 Å². The molecule has 4 aromatic rings. The van der Waals surface area contributed by atoms with Gasteiger partial charge < -0.3 is 5.11 Å². The van der Waals surface area contributed by atoms with Crippen LogP contribution in [0.3, 0.4) is 0 Å². The number of nitrogens with zero attached hydrogens (tertiary/aromatic N) is 5. The zero-order chi connectivity index (χ0) is 20.2. The summed E-state index contributed by atoms with van der Waals surface area (Å²) in [5, 5.41) is 31.1. The molecule has 10 heteroatoms. The molecule has 1 amide bonds. The van der Waals surface area contributed by atoms with E-state index in [2.05, 4.69) is 25.7 Å². The van der Waals surface area contributed by atoms with E-state index in [0.717, 1.165) is 10.7 Å². The van der Waals surface area contributed by atoms with Crippen molar-refractivity contribution >= 4 is 34.1 Å². The topological polar surface area (TPSA) is 106 Å². The lowest BCUT2D eigenvalue weighted by atomic mass is 10.2. The van der Waals surface area contributed by atoms with Crippen LogP contribution < -0.4 is 5.32 Å². The minimum atomic E-state index is -0.210. The monoisotopic (exact) mass is 424 g/mol. The number of hydrogen-bond acceptors (Lipinski definition) is 8. The van der Waals surface area contributed by atoms with Crippen LogP contribution >= 0.6 is 23.1 Å². The van der Waals surface area contributed by atoms with Crippen LogP contribution in [0.15, 0.2) is 59.8 Å². The van der Waals surface area contributed by atoms with Crippen LogP contribution in [-0.2, 0) is 4.79 Å². The molecule has 0 aliphatic rings. The molecule has 0 bridgehead atoms. The highest BCUT2D eigenvalue weighted by Crippen LogP contribution is 2.32. The molecule has 0 aliphatic heterocycles. The van der Waals surface area contributed by atoms with Crippen LogP contribution in [-0.4, -0.2) is 41.7 Å². The lowest BCUT2D eigenvalue weighted by Crippen LogP contribution is -2.14.